The van der Waals surface area contributed by atoms with Gasteiger partial charge in [0.05, 0.1) is 28.2 Å². The molecule has 3 aromatic carbocycles. The monoisotopic (exact) mass is 434 g/mol. The number of aromatic nitrogens is 1. The molecule has 0 unspecified atom stereocenters. The lowest BCUT2D eigenvalue weighted by molar-refractivity contribution is -0.118. The molecule has 0 atom stereocenters. The number of carbonyl (C=O) groups excluding carboxylic acids is 1. The average molecular weight is 435 g/mol. The number of hydrogen-bond acceptors (Lipinski definition) is 3. The molecule has 0 aliphatic rings. The highest BCUT2D eigenvalue weighted by Crippen LogP contribution is 2.36. The zero-order valence-electron chi connectivity index (χ0n) is 17.3. The van der Waals surface area contributed by atoms with Crippen molar-refractivity contribution < 1.29 is 4.79 Å². The highest BCUT2D eigenvalue weighted by Gasteiger charge is 2.22. The van der Waals surface area contributed by atoms with Crippen LogP contribution in [0.15, 0.2) is 60.7 Å². The van der Waals surface area contributed by atoms with Crippen LogP contribution in [0, 0.1) is 20.8 Å². The Morgan fingerprint density at radius 1 is 1.00 bits per heavy atom. The van der Waals surface area contributed by atoms with Crippen molar-refractivity contribution in [3.63, 3.8) is 0 Å². The van der Waals surface area contributed by atoms with E-state index in [1.807, 2.05) is 55.5 Å². The molecule has 0 aliphatic carbocycles. The van der Waals surface area contributed by atoms with Gasteiger partial charge in [-0.15, -0.1) is 0 Å². The second-order valence-corrected chi connectivity index (χ2v) is 9.00. The summed E-state index contributed by atoms with van der Waals surface area (Å²) in [4.78, 5) is 20.1. The standard InChI is InChI=1S/C25H23ClN2OS/c1-16-9-11-20(18(3)13-16)14-22(29)28(15-19-7-5-4-6-8-19)25-27-23-17(2)10-12-21(26)24(23)30-25/h4-13H,14-15H2,1-3H3. The van der Waals surface area contributed by atoms with E-state index in [1.165, 1.54) is 16.9 Å². The molecule has 0 radical (unpaired) electrons. The fraction of sp³-hybridized carbons (Fsp3) is 0.200. The third-order valence-electron chi connectivity index (χ3n) is 5.24. The van der Waals surface area contributed by atoms with Crippen LogP contribution in [-0.4, -0.2) is 10.9 Å². The Hall–Kier alpha value is -2.69. The van der Waals surface area contributed by atoms with Gasteiger partial charge in [-0.25, -0.2) is 4.98 Å². The van der Waals surface area contributed by atoms with Gasteiger partial charge in [0.25, 0.3) is 0 Å². The van der Waals surface area contributed by atoms with E-state index in [4.69, 9.17) is 16.6 Å². The number of fused-ring (bicyclic) bond motifs is 1. The largest absolute Gasteiger partial charge is 0.283 e. The fourth-order valence-electron chi connectivity index (χ4n) is 3.54. The molecule has 0 spiro atoms. The minimum atomic E-state index is 0.0265. The second kappa shape index (κ2) is 8.58. The number of carbonyl (C=O) groups is 1. The van der Waals surface area contributed by atoms with Gasteiger partial charge in [0, 0.05) is 0 Å². The number of hydrogen-bond donors (Lipinski definition) is 0. The van der Waals surface area contributed by atoms with Crippen molar-refractivity contribution in [1.29, 1.82) is 0 Å². The normalized spacial score (nSPS) is 11.1. The molecular formula is C25H23ClN2OS. The molecule has 4 rings (SSSR count). The van der Waals surface area contributed by atoms with Gasteiger partial charge in [-0.1, -0.05) is 83.1 Å². The Morgan fingerprint density at radius 3 is 2.47 bits per heavy atom. The van der Waals surface area contributed by atoms with E-state index in [1.54, 1.807) is 4.90 Å². The number of thiazole rings is 1. The minimum Gasteiger partial charge on any atom is -0.283 e. The van der Waals surface area contributed by atoms with Gasteiger partial charge in [-0.3, -0.25) is 9.69 Å². The Morgan fingerprint density at radius 2 is 1.77 bits per heavy atom. The van der Waals surface area contributed by atoms with E-state index in [0.29, 0.717) is 23.1 Å². The summed E-state index contributed by atoms with van der Waals surface area (Å²) in [7, 11) is 0. The number of anilines is 1. The summed E-state index contributed by atoms with van der Waals surface area (Å²) < 4.78 is 0.920. The SMILES string of the molecule is Cc1ccc(CC(=O)N(Cc2ccccc2)c2nc3c(C)ccc(Cl)c3s2)c(C)c1. The number of halogens is 1. The molecular weight excluding hydrogens is 412 g/mol. The van der Waals surface area contributed by atoms with E-state index in [-0.39, 0.29) is 5.91 Å². The Kier molecular flexibility index (Phi) is 5.89. The van der Waals surface area contributed by atoms with Crippen molar-refractivity contribution in [3.05, 3.63) is 93.5 Å². The van der Waals surface area contributed by atoms with E-state index in [0.717, 1.165) is 32.5 Å². The van der Waals surface area contributed by atoms with Gasteiger partial charge in [0.2, 0.25) is 5.91 Å². The molecule has 1 aromatic heterocycles. The summed E-state index contributed by atoms with van der Waals surface area (Å²) in [5.41, 5.74) is 6.35. The summed E-state index contributed by atoms with van der Waals surface area (Å²) in [5, 5.41) is 1.35. The molecule has 0 aliphatic heterocycles. The van der Waals surface area contributed by atoms with Crippen molar-refractivity contribution >= 4 is 44.2 Å². The molecule has 1 heterocycles. The molecule has 0 saturated heterocycles. The van der Waals surface area contributed by atoms with Gasteiger partial charge in [-0.2, -0.15) is 0 Å². The summed E-state index contributed by atoms with van der Waals surface area (Å²) >= 11 is 7.89. The first-order valence-corrected chi connectivity index (χ1v) is 11.1. The molecule has 30 heavy (non-hydrogen) atoms. The number of rotatable bonds is 5. The lowest BCUT2D eigenvalue weighted by Gasteiger charge is -2.21. The smallest absolute Gasteiger partial charge is 0.233 e. The predicted molar refractivity (Wildman–Crippen MR) is 127 cm³/mol. The van der Waals surface area contributed by atoms with E-state index < -0.39 is 0 Å². The van der Waals surface area contributed by atoms with Crippen molar-refractivity contribution in [3.8, 4) is 0 Å². The van der Waals surface area contributed by atoms with Gasteiger partial charge in [0.15, 0.2) is 5.13 Å². The maximum atomic E-state index is 13.5. The topological polar surface area (TPSA) is 33.2 Å². The zero-order valence-corrected chi connectivity index (χ0v) is 18.8. The number of benzene rings is 3. The maximum Gasteiger partial charge on any atom is 0.233 e. The van der Waals surface area contributed by atoms with Crippen LogP contribution in [-0.2, 0) is 17.8 Å². The zero-order chi connectivity index (χ0) is 21.3. The van der Waals surface area contributed by atoms with Crippen molar-refractivity contribution in [2.75, 3.05) is 4.90 Å². The number of amides is 1. The fourth-order valence-corrected chi connectivity index (χ4v) is 4.87. The molecule has 0 bridgehead atoms. The Labute approximate surface area is 186 Å². The summed E-state index contributed by atoms with van der Waals surface area (Å²) in [6.45, 7) is 6.60. The van der Waals surface area contributed by atoms with Crippen LogP contribution in [0.3, 0.4) is 0 Å². The minimum absolute atomic E-state index is 0.0265. The first kappa shape index (κ1) is 20.6. The lowest BCUT2D eigenvalue weighted by atomic mass is 10.0. The lowest BCUT2D eigenvalue weighted by Crippen LogP contribution is -2.31. The molecule has 5 heteroatoms. The Balaban J connectivity index is 1.73. The third-order valence-corrected chi connectivity index (χ3v) is 6.78. The number of nitrogens with zero attached hydrogens (tertiary/aromatic N) is 2. The van der Waals surface area contributed by atoms with Crippen molar-refractivity contribution in [2.24, 2.45) is 0 Å². The highest BCUT2D eigenvalue weighted by molar-refractivity contribution is 7.23. The summed E-state index contributed by atoms with van der Waals surface area (Å²) in [6.07, 6.45) is 0.335. The van der Waals surface area contributed by atoms with Crippen LogP contribution >= 0.6 is 22.9 Å². The second-order valence-electron chi connectivity index (χ2n) is 7.61. The first-order chi connectivity index (χ1) is 14.4. The van der Waals surface area contributed by atoms with Crippen molar-refractivity contribution in [2.45, 2.75) is 33.7 Å². The molecule has 0 N–H and O–H groups in total. The Bertz CT molecular complexity index is 1180. The van der Waals surface area contributed by atoms with Gasteiger partial charge >= 0.3 is 0 Å². The maximum absolute atomic E-state index is 13.5. The van der Waals surface area contributed by atoms with Crippen LogP contribution in [0.1, 0.15) is 27.8 Å². The molecule has 1 amide bonds. The van der Waals surface area contributed by atoms with Crippen LogP contribution in [0.4, 0.5) is 5.13 Å². The molecule has 0 fully saturated rings. The third kappa shape index (κ3) is 4.25. The first-order valence-electron chi connectivity index (χ1n) is 9.88. The summed E-state index contributed by atoms with van der Waals surface area (Å²) in [6, 6.07) is 20.1. The summed E-state index contributed by atoms with van der Waals surface area (Å²) in [5.74, 6) is 0.0265. The molecule has 0 saturated carbocycles. The van der Waals surface area contributed by atoms with Gasteiger partial charge in [0.1, 0.15) is 0 Å². The van der Waals surface area contributed by atoms with Crippen LogP contribution in [0.2, 0.25) is 5.02 Å². The van der Waals surface area contributed by atoms with E-state index in [2.05, 4.69) is 26.0 Å². The van der Waals surface area contributed by atoms with E-state index in [9.17, 15) is 4.79 Å². The quantitative estimate of drug-likeness (QED) is 0.352. The van der Waals surface area contributed by atoms with Crippen LogP contribution in [0.5, 0.6) is 0 Å². The van der Waals surface area contributed by atoms with Crippen LogP contribution < -0.4 is 4.90 Å². The molecule has 152 valence electrons. The van der Waals surface area contributed by atoms with Crippen molar-refractivity contribution in [1.82, 2.24) is 4.98 Å². The predicted octanol–water partition coefficient (Wildman–Crippen LogP) is 6.65. The van der Waals surface area contributed by atoms with Gasteiger partial charge < -0.3 is 0 Å². The highest BCUT2D eigenvalue weighted by atomic mass is 35.5. The average Bonchev–Trinajstić information content (AvgIpc) is 3.18. The van der Waals surface area contributed by atoms with E-state index >= 15 is 0 Å². The van der Waals surface area contributed by atoms with Crippen LogP contribution in [0.25, 0.3) is 10.2 Å². The molecule has 4 aromatic rings. The number of aryl methyl sites for hydroxylation is 3. The molecule has 3 nitrogen and oxygen atoms in total. The van der Waals surface area contributed by atoms with Gasteiger partial charge in [-0.05, 0) is 49.1 Å².